The molecule has 0 aliphatic carbocycles. The van der Waals surface area contributed by atoms with E-state index in [0.29, 0.717) is 16.8 Å². The highest BCUT2D eigenvalue weighted by Gasteiger charge is 2.23. The largest absolute Gasteiger partial charge is 0.508 e. The molecule has 0 bridgehead atoms. The Bertz CT molecular complexity index is 391. The first-order chi connectivity index (χ1) is 8.61. The van der Waals surface area contributed by atoms with Crippen LogP contribution in [0.15, 0.2) is 18.2 Å². The van der Waals surface area contributed by atoms with Gasteiger partial charge in [-0.2, -0.15) is 0 Å². The van der Waals surface area contributed by atoms with Crippen molar-refractivity contribution in [2.45, 2.75) is 26.4 Å². The average Bonchev–Trinajstić information content (AvgIpc) is 2.34. The van der Waals surface area contributed by atoms with Crippen LogP contribution in [0.2, 0.25) is 5.02 Å². The van der Waals surface area contributed by atoms with Crippen LogP contribution in [0.5, 0.6) is 5.75 Å². The number of halogens is 1. The Morgan fingerprint density at radius 2 is 2.17 bits per heavy atom. The first-order valence-corrected chi connectivity index (χ1v) is 6.92. The van der Waals surface area contributed by atoms with Gasteiger partial charge in [-0.3, -0.25) is 9.80 Å². The molecule has 2 rings (SSSR count). The van der Waals surface area contributed by atoms with Crippen LogP contribution in [0.4, 0.5) is 0 Å². The van der Waals surface area contributed by atoms with Crippen molar-refractivity contribution in [1.29, 1.82) is 0 Å². The molecule has 0 radical (unpaired) electrons. The van der Waals surface area contributed by atoms with E-state index in [1.165, 1.54) is 0 Å². The standard InChI is InChI=1S/C14H21ClN2O/c1-3-17-8-7-16(9-11(17)2)10-12-13(15)5-4-6-14(12)18/h4-6,11,18H,3,7-10H2,1-2H3. The van der Waals surface area contributed by atoms with E-state index in [1.54, 1.807) is 12.1 Å². The van der Waals surface area contributed by atoms with Crippen molar-refractivity contribution in [3.05, 3.63) is 28.8 Å². The molecule has 1 saturated heterocycles. The zero-order valence-corrected chi connectivity index (χ0v) is 11.8. The summed E-state index contributed by atoms with van der Waals surface area (Å²) in [6, 6.07) is 5.88. The number of nitrogens with zero attached hydrogens (tertiary/aromatic N) is 2. The van der Waals surface area contributed by atoms with Crippen molar-refractivity contribution in [3.63, 3.8) is 0 Å². The Kier molecular flexibility index (Phi) is 4.49. The fourth-order valence-corrected chi connectivity index (χ4v) is 2.84. The zero-order valence-electron chi connectivity index (χ0n) is 11.1. The van der Waals surface area contributed by atoms with Gasteiger partial charge in [0.1, 0.15) is 5.75 Å². The van der Waals surface area contributed by atoms with Gasteiger partial charge in [-0.15, -0.1) is 0 Å². The van der Waals surface area contributed by atoms with Gasteiger partial charge in [0.05, 0.1) is 0 Å². The number of aromatic hydroxyl groups is 1. The van der Waals surface area contributed by atoms with Gasteiger partial charge in [-0.1, -0.05) is 24.6 Å². The summed E-state index contributed by atoms with van der Waals surface area (Å²) in [6.45, 7) is 9.43. The maximum absolute atomic E-state index is 9.86. The van der Waals surface area contributed by atoms with Gasteiger partial charge in [0.2, 0.25) is 0 Å². The van der Waals surface area contributed by atoms with E-state index in [0.717, 1.165) is 38.3 Å². The number of hydrogen-bond acceptors (Lipinski definition) is 3. The van der Waals surface area contributed by atoms with E-state index in [9.17, 15) is 5.11 Å². The third-order valence-electron chi connectivity index (χ3n) is 3.73. The second kappa shape index (κ2) is 5.91. The Labute approximate surface area is 114 Å². The Morgan fingerprint density at radius 3 is 2.78 bits per heavy atom. The minimum absolute atomic E-state index is 0.299. The number of benzene rings is 1. The SMILES string of the molecule is CCN1CCN(Cc2c(O)cccc2Cl)CC1C. The molecule has 1 aliphatic heterocycles. The molecule has 0 spiro atoms. The highest BCUT2D eigenvalue weighted by atomic mass is 35.5. The van der Waals surface area contributed by atoms with Crippen LogP contribution in [0.25, 0.3) is 0 Å². The highest BCUT2D eigenvalue weighted by molar-refractivity contribution is 6.31. The molecule has 4 heteroatoms. The summed E-state index contributed by atoms with van der Waals surface area (Å²) < 4.78 is 0. The molecule has 18 heavy (non-hydrogen) atoms. The summed E-state index contributed by atoms with van der Waals surface area (Å²) in [5.74, 6) is 0.299. The third kappa shape index (κ3) is 2.97. The van der Waals surface area contributed by atoms with Crippen LogP contribution in [0, 0.1) is 0 Å². The third-order valence-corrected chi connectivity index (χ3v) is 4.09. The Hall–Kier alpha value is -0.770. The molecule has 0 aromatic heterocycles. The number of likely N-dealkylation sites (N-methyl/N-ethyl adjacent to an activating group) is 1. The summed E-state index contributed by atoms with van der Waals surface area (Å²) in [5.41, 5.74) is 0.844. The quantitative estimate of drug-likeness (QED) is 0.913. The number of piperazine rings is 1. The predicted molar refractivity (Wildman–Crippen MR) is 75.1 cm³/mol. The molecule has 0 amide bonds. The number of rotatable bonds is 3. The van der Waals surface area contributed by atoms with Crippen molar-refractivity contribution in [2.75, 3.05) is 26.2 Å². The minimum Gasteiger partial charge on any atom is -0.508 e. The van der Waals surface area contributed by atoms with Gasteiger partial charge in [-0.05, 0) is 25.6 Å². The Morgan fingerprint density at radius 1 is 1.39 bits per heavy atom. The molecule has 1 fully saturated rings. The molecule has 100 valence electrons. The molecule has 1 aliphatic rings. The van der Waals surface area contributed by atoms with Crippen LogP contribution in [-0.2, 0) is 6.54 Å². The van der Waals surface area contributed by atoms with E-state index < -0.39 is 0 Å². The lowest BCUT2D eigenvalue weighted by Gasteiger charge is -2.39. The lowest BCUT2D eigenvalue weighted by atomic mass is 10.1. The fraction of sp³-hybridized carbons (Fsp3) is 0.571. The van der Waals surface area contributed by atoms with E-state index in [-0.39, 0.29) is 0 Å². The first-order valence-electron chi connectivity index (χ1n) is 6.54. The lowest BCUT2D eigenvalue weighted by Crippen LogP contribution is -2.51. The van der Waals surface area contributed by atoms with Gasteiger partial charge < -0.3 is 5.11 Å². The predicted octanol–water partition coefficient (Wildman–Crippen LogP) is 2.57. The monoisotopic (exact) mass is 268 g/mol. The van der Waals surface area contributed by atoms with Gasteiger partial charge in [0, 0.05) is 42.8 Å². The van der Waals surface area contributed by atoms with Crippen molar-refractivity contribution in [3.8, 4) is 5.75 Å². The van der Waals surface area contributed by atoms with E-state index in [1.807, 2.05) is 6.07 Å². The van der Waals surface area contributed by atoms with Gasteiger partial charge in [0.25, 0.3) is 0 Å². The van der Waals surface area contributed by atoms with Crippen molar-refractivity contribution in [2.24, 2.45) is 0 Å². The summed E-state index contributed by atoms with van der Waals surface area (Å²) >= 11 is 6.14. The maximum atomic E-state index is 9.86. The number of phenolic OH excluding ortho intramolecular Hbond substituents is 1. The second-order valence-corrected chi connectivity index (χ2v) is 5.36. The van der Waals surface area contributed by atoms with Crippen LogP contribution >= 0.6 is 11.6 Å². The molecule has 1 aromatic carbocycles. The summed E-state index contributed by atoms with van der Waals surface area (Å²) in [7, 11) is 0. The summed E-state index contributed by atoms with van der Waals surface area (Å²) in [4.78, 5) is 4.83. The number of hydrogen-bond donors (Lipinski definition) is 1. The molecule has 1 atom stereocenters. The Balaban J connectivity index is 2.03. The van der Waals surface area contributed by atoms with Gasteiger partial charge >= 0.3 is 0 Å². The molecule has 0 saturated carbocycles. The van der Waals surface area contributed by atoms with Gasteiger partial charge in [-0.25, -0.2) is 0 Å². The van der Waals surface area contributed by atoms with E-state index >= 15 is 0 Å². The topological polar surface area (TPSA) is 26.7 Å². The molecule has 3 nitrogen and oxygen atoms in total. The van der Waals surface area contributed by atoms with Crippen molar-refractivity contribution >= 4 is 11.6 Å². The van der Waals surface area contributed by atoms with E-state index in [4.69, 9.17) is 11.6 Å². The fourth-order valence-electron chi connectivity index (χ4n) is 2.61. The van der Waals surface area contributed by atoms with Crippen molar-refractivity contribution < 1.29 is 5.11 Å². The normalized spacial score (nSPS) is 22.3. The molecule has 1 unspecified atom stereocenters. The smallest absolute Gasteiger partial charge is 0.121 e. The molecule has 1 N–H and O–H groups in total. The lowest BCUT2D eigenvalue weighted by molar-refractivity contribution is 0.0829. The van der Waals surface area contributed by atoms with Crippen LogP contribution in [0.1, 0.15) is 19.4 Å². The van der Waals surface area contributed by atoms with Crippen LogP contribution < -0.4 is 0 Å². The summed E-state index contributed by atoms with van der Waals surface area (Å²) in [6.07, 6.45) is 0. The summed E-state index contributed by atoms with van der Waals surface area (Å²) in [5, 5.41) is 10.5. The zero-order chi connectivity index (χ0) is 13.1. The van der Waals surface area contributed by atoms with E-state index in [2.05, 4.69) is 23.6 Å². The molecule has 1 aromatic rings. The van der Waals surface area contributed by atoms with Crippen molar-refractivity contribution in [1.82, 2.24) is 9.80 Å². The number of phenols is 1. The first kappa shape index (κ1) is 13.7. The molecular weight excluding hydrogens is 248 g/mol. The average molecular weight is 269 g/mol. The molecule has 1 heterocycles. The molecular formula is C14H21ClN2O. The highest BCUT2D eigenvalue weighted by Crippen LogP contribution is 2.27. The van der Waals surface area contributed by atoms with Crippen LogP contribution in [0.3, 0.4) is 0 Å². The second-order valence-electron chi connectivity index (χ2n) is 4.95. The maximum Gasteiger partial charge on any atom is 0.121 e. The van der Waals surface area contributed by atoms with Crippen LogP contribution in [-0.4, -0.2) is 47.1 Å². The minimum atomic E-state index is 0.299. The van der Waals surface area contributed by atoms with Gasteiger partial charge in [0.15, 0.2) is 0 Å².